The van der Waals surface area contributed by atoms with Crippen LogP contribution in [-0.2, 0) is 4.74 Å². The van der Waals surface area contributed by atoms with E-state index in [4.69, 9.17) is 33.7 Å². The lowest BCUT2D eigenvalue weighted by molar-refractivity contribution is -0.0846. The number of alkyl halides is 1. The molecule has 22 heavy (non-hydrogen) atoms. The van der Waals surface area contributed by atoms with Gasteiger partial charge >= 0.3 is 0 Å². The van der Waals surface area contributed by atoms with Gasteiger partial charge in [0.05, 0.1) is 0 Å². The van der Waals surface area contributed by atoms with E-state index in [1.165, 1.54) is 6.92 Å². The molecule has 0 aromatic heterocycles. The van der Waals surface area contributed by atoms with Crippen molar-refractivity contribution in [3.8, 4) is 11.3 Å². The van der Waals surface area contributed by atoms with Crippen molar-refractivity contribution in [2.75, 3.05) is 0 Å². The third-order valence-electron chi connectivity index (χ3n) is 3.06. The molecular formula is C12H12Cl2FN3O4. The molecule has 2 aliphatic heterocycles. The molecule has 0 saturated carbocycles. The van der Waals surface area contributed by atoms with Gasteiger partial charge in [0.25, 0.3) is 0 Å². The third kappa shape index (κ3) is 2.57. The van der Waals surface area contributed by atoms with Gasteiger partial charge in [0.15, 0.2) is 23.2 Å². The molecule has 5 N–H and O–H groups in total. The lowest BCUT2D eigenvalue weighted by Gasteiger charge is -2.36. The fourth-order valence-electron chi connectivity index (χ4n) is 2.01. The van der Waals surface area contributed by atoms with E-state index >= 15 is 0 Å². The second-order valence-electron chi connectivity index (χ2n) is 4.58. The maximum atomic E-state index is 13.6. The van der Waals surface area contributed by atoms with Crippen LogP contribution < -0.4 is 5.73 Å². The van der Waals surface area contributed by atoms with Gasteiger partial charge in [-0.3, -0.25) is 4.90 Å². The summed E-state index contributed by atoms with van der Waals surface area (Å²) >= 11 is 11.6. The average molecular weight is 352 g/mol. The van der Waals surface area contributed by atoms with Crippen molar-refractivity contribution >= 4 is 29.0 Å². The summed E-state index contributed by atoms with van der Waals surface area (Å²) in [7, 11) is 0. The molecule has 0 aromatic carbocycles. The summed E-state index contributed by atoms with van der Waals surface area (Å²) in [5, 5.41) is 31.6. The van der Waals surface area contributed by atoms with Crippen LogP contribution in [0, 0.1) is 11.3 Å². The predicted octanol–water partition coefficient (Wildman–Crippen LogP) is 0.430. The molecule has 0 amide bonds. The second kappa shape index (κ2) is 5.85. The molecule has 0 bridgehead atoms. The highest BCUT2D eigenvalue weighted by molar-refractivity contribution is 6.33. The first kappa shape index (κ1) is 16.7. The zero-order chi connectivity index (χ0) is 16.7. The quantitative estimate of drug-likeness (QED) is 0.424. The Morgan fingerprint density at radius 2 is 2.27 bits per heavy atom. The van der Waals surface area contributed by atoms with Crippen LogP contribution in [0.25, 0.3) is 0 Å². The number of halogens is 3. The van der Waals surface area contributed by atoms with E-state index in [1.54, 1.807) is 0 Å². The standard InChI is InChI=1S/C12H12Cl2FN3O4/c1-5(19)7-8(20)12(14,2-3-13)10(22-7)18-4-6(15)9(16)17-11(18)21/h4-5,10-11,19-21H,1H3,(H2,16,17)/t5-,10-,11?,12?/m1/s1. The smallest absolute Gasteiger partial charge is 0.230 e. The molecule has 7 nitrogen and oxygen atoms in total. The zero-order valence-electron chi connectivity index (χ0n) is 11.2. The average Bonchev–Trinajstić information content (AvgIpc) is 2.68. The van der Waals surface area contributed by atoms with Crippen molar-refractivity contribution in [3.05, 3.63) is 23.5 Å². The highest BCUT2D eigenvalue weighted by Gasteiger charge is 2.54. The normalized spacial score (nSPS) is 32.7. The van der Waals surface area contributed by atoms with Gasteiger partial charge in [0.1, 0.15) is 6.10 Å². The molecule has 0 saturated heterocycles. The predicted molar refractivity (Wildman–Crippen MR) is 77.1 cm³/mol. The Hall–Kier alpha value is -1.66. The minimum Gasteiger partial charge on any atom is -0.506 e. The Balaban J connectivity index is 2.46. The van der Waals surface area contributed by atoms with E-state index in [0.29, 0.717) is 0 Å². The molecular weight excluding hydrogens is 340 g/mol. The lowest BCUT2D eigenvalue weighted by Crippen LogP contribution is -2.51. The van der Waals surface area contributed by atoms with Crippen LogP contribution >= 0.6 is 23.2 Å². The Labute approximate surface area is 135 Å². The van der Waals surface area contributed by atoms with Crippen molar-refractivity contribution in [1.82, 2.24) is 4.90 Å². The van der Waals surface area contributed by atoms with Crippen LogP contribution in [0.4, 0.5) is 4.39 Å². The number of amidine groups is 1. The van der Waals surface area contributed by atoms with Gasteiger partial charge < -0.3 is 25.8 Å². The van der Waals surface area contributed by atoms with Gasteiger partial charge in [-0.2, -0.15) is 0 Å². The summed E-state index contributed by atoms with van der Waals surface area (Å²) in [5.74, 6) is 0.000118. The molecule has 2 unspecified atom stereocenters. The first-order valence-electron chi connectivity index (χ1n) is 5.99. The molecule has 2 rings (SSSR count). The fraction of sp³-hybridized carbons (Fsp3) is 0.417. The van der Waals surface area contributed by atoms with Crippen LogP contribution in [0.3, 0.4) is 0 Å². The Morgan fingerprint density at radius 3 is 2.82 bits per heavy atom. The highest BCUT2D eigenvalue weighted by Crippen LogP contribution is 2.42. The van der Waals surface area contributed by atoms with E-state index in [0.717, 1.165) is 11.1 Å². The summed E-state index contributed by atoms with van der Waals surface area (Å²) in [5.41, 5.74) is 5.26. The van der Waals surface area contributed by atoms with Gasteiger partial charge in [-0.05, 0) is 24.4 Å². The zero-order valence-corrected chi connectivity index (χ0v) is 12.7. The maximum absolute atomic E-state index is 13.6. The highest BCUT2D eigenvalue weighted by atomic mass is 35.5. The lowest BCUT2D eigenvalue weighted by atomic mass is 10.0. The van der Waals surface area contributed by atoms with E-state index in [9.17, 15) is 19.7 Å². The van der Waals surface area contributed by atoms with E-state index < -0.39 is 41.0 Å². The first-order valence-corrected chi connectivity index (χ1v) is 6.74. The molecule has 120 valence electrons. The number of rotatable bonds is 2. The summed E-state index contributed by atoms with van der Waals surface area (Å²) in [6.07, 6.45) is -3.43. The largest absolute Gasteiger partial charge is 0.506 e. The van der Waals surface area contributed by atoms with Gasteiger partial charge in [-0.15, -0.1) is 0 Å². The summed E-state index contributed by atoms with van der Waals surface area (Å²) in [6.45, 7) is 1.32. The molecule has 0 aliphatic carbocycles. The number of hydrogen-bond acceptors (Lipinski definition) is 7. The molecule has 10 heteroatoms. The maximum Gasteiger partial charge on any atom is 0.230 e. The first-order chi connectivity index (χ1) is 10.2. The summed E-state index contributed by atoms with van der Waals surface area (Å²) in [4.78, 5) is 2.38. The van der Waals surface area contributed by atoms with Gasteiger partial charge in [-0.1, -0.05) is 11.6 Å². The van der Waals surface area contributed by atoms with Crippen LogP contribution in [0.2, 0.25) is 0 Å². The molecule has 0 fully saturated rings. The fourth-order valence-corrected chi connectivity index (χ4v) is 2.51. The number of nitrogens with two attached hydrogens (primary N) is 1. The van der Waals surface area contributed by atoms with Crippen LogP contribution in [-0.4, -0.2) is 49.6 Å². The monoisotopic (exact) mass is 351 g/mol. The van der Waals surface area contributed by atoms with Gasteiger partial charge in [0.2, 0.25) is 17.5 Å². The Bertz CT molecular complexity index is 640. The van der Waals surface area contributed by atoms with Crippen molar-refractivity contribution in [1.29, 1.82) is 0 Å². The molecule has 2 heterocycles. The summed E-state index contributed by atoms with van der Waals surface area (Å²) in [6, 6.07) is 0. The Morgan fingerprint density at radius 1 is 1.64 bits per heavy atom. The van der Waals surface area contributed by atoms with Crippen LogP contribution in [0.1, 0.15) is 6.92 Å². The van der Waals surface area contributed by atoms with Crippen molar-refractivity contribution in [3.63, 3.8) is 0 Å². The molecule has 4 atom stereocenters. The van der Waals surface area contributed by atoms with E-state index in [1.807, 2.05) is 5.38 Å². The van der Waals surface area contributed by atoms with E-state index in [-0.39, 0.29) is 5.76 Å². The van der Waals surface area contributed by atoms with Crippen molar-refractivity contribution in [2.45, 2.75) is 30.5 Å². The van der Waals surface area contributed by atoms with E-state index in [2.05, 4.69) is 10.9 Å². The number of aliphatic hydroxyl groups is 3. The number of ether oxygens (including phenoxy) is 1. The minimum atomic E-state index is -1.94. The number of nitrogens with zero attached hydrogens (tertiary/aromatic N) is 2. The van der Waals surface area contributed by atoms with Crippen molar-refractivity contribution < 1.29 is 24.4 Å². The number of hydrogen-bond donors (Lipinski definition) is 4. The number of aliphatic imine (C=N–C) groups is 1. The van der Waals surface area contributed by atoms with Crippen LogP contribution in [0.5, 0.6) is 0 Å². The molecule has 2 aliphatic rings. The van der Waals surface area contributed by atoms with Gasteiger partial charge in [-0.25, -0.2) is 9.38 Å². The number of aliphatic hydroxyl groups excluding tert-OH is 3. The third-order valence-corrected chi connectivity index (χ3v) is 3.62. The Kier molecular flexibility index (Phi) is 4.44. The van der Waals surface area contributed by atoms with Gasteiger partial charge in [0, 0.05) is 11.6 Å². The second-order valence-corrected chi connectivity index (χ2v) is 5.36. The van der Waals surface area contributed by atoms with Crippen molar-refractivity contribution in [2.24, 2.45) is 10.7 Å². The minimum absolute atomic E-state index is 0.275. The molecule has 0 radical (unpaired) electrons. The SMILES string of the molecule is C[C@@H](O)C1=C(O)C(Cl)(C#CCl)[C@H](N2C=C(F)C(N)=NC2O)O1. The molecule has 0 spiro atoms. The molecule has 0 aromatic rings. The topological polar surface area (TPSA) is 112 Å². The summed E-state index contributed by atoms with van der Waals surface area (Å²) < 4.78 is 18.9. The van der Waals surface area contributed by atoms with Crippen LogP contribution in [0.15, 0.2) is 28.5 Å².